The van der Waals surface area contributed by atoms with E-state index in [9.17, 15) is 0 Å². The molecule has 0 spiro atoms. The molecule has 1 unspecified atom stereocenters. The molecule has 1 N–H and O–H groups in total. The second kappa shape index (κ2) is 6.55. The summed E-state index contributed by atoms with van der Waals surface area (Å²) in [6, 6.07) is 0. The van der Waals surface area contributed by atoms with Gasteiger partial charge in [-0.25, -0.2) is 4.98 Å². The number of hydrogen-bond donors (Lipinski definition) is 1. The molecule has 92 valence electrons. The number of hydrogen-bond acceptors (Lipinski definition) is 4. The van der Waals surface area contributed by atoms with Gasteiger partial charge in [-0.15, -0.1) is 23.7 Å². The molecule has 1 aliphatic rings. The van der Waals surface area contributed by atoms with E-state index in [0.29, 0.717) is 0 Å². The summed E-state index contributed by atoms with van der Waals surface area (Å²) < 4.78 is 0. The van der Waals surface area contributed by atoms with Crippen LogP contribution >= 0.6 is 23.7 Å². The second-order valence-electron chi connectivity index (χ2n) is 4.31. The summed E-state index contributed by atoms with van der Waals surface area (Å²) in [5, 5.41) is 6.62. The van der Waals surface area contributed by atoms with Crippen molar-refractivity contribution >= 4 is 23.7 Å². The molecule has 0 saturated carbocycles. The number of aromatic nitrogens is 1. The van der Waals surface area contributed by atoms with Crippen LogP contribution in [0.2, 0.25) is 0 Å². The summed E-state index contributed by atoms with van der Waals surface area (Å²) in [5.41, 5.74) is 1.24. The number of halogens is 1. The van der Waals surface area contributed by atoms with Crippen LogP contribution < -0.4 is 5.32 Å². The van der Waals surface area contributed by atoms with Crippen LogP contribution in [-0.2, 0) is 6.54 Å². The Labute approximate surface area is 108 Å². The summed E-state index contributed by atoms with van der Waals surface area (Å²) in [7, 11) is 2.03. The minimum Gasteiger partial charge on any atom is -0.319 e. The Balaban J connectivity index is 0.00000128. The highest BCUT2D eigenvalue weighted by Gasteiger charge is 2.22. The molecule has 16 heavy (non-hydrogen) atoms. The van der Waals surface area contributed by atoms with Crippen LogP contribution in [0.15, 0.2) is 5.38 Å². The van der Waals surface area contributed by atoms with Gasteiger partial charge in [0.05, 0.1) is 10.7 Å². The average Bonchev–Trinajstić information content (AvgIpc) is 2.78. The molecule has 0 aliphatic carbocycles. The van der Waals surface area contributed by atoms with E-state index in [1.54, 1.807) is 11.3 Å². The van der Waals surface area contributed by atoms with E-state index in [4.69, 9.17) is 0 Å². The highest BCUT2D eigenvalue weighted by Crippen LogP contribution is 2.18. The van der Waals surface area contributed by atoms with Crippen molar-refractivity contribution in [3.8, 4) is 0 Å². The van der Waals surface area contributed by atoms with Gasteiger partial charge in [-0.3, -0.25) is 4.90 Å². The van der Waals surface area contributed by atoms with Gasteiger partial charge in [-0.05, 0) is 39.4 Å². The number of nitrogens with one attached hydrogen (secondary N) is 1. The second-order valence-corrected chi connectivity index (χ2v) is 5.37. The molecular formula is C11H20ClN3S. The normalized spacial score (nSPS) is 21.0. The van der Waals surface area contributed by atoms with E-state index < -0.39 is 0 Å². The van der Waals surface area contributed by atoms with Gasteiger partial charge in [0, 0.05) is 18.5 Å². The summed E-state index contributed by atoms with van der Waals surface area (Å²) in [5.74, 6) is 0.828. The van der Waals surface area contributed by atoms with Crippen LogP contribution in [0, 0.1) is 12.8 Å². The van der Waals surface area contributed by atoms with Crippen molar-refractivity contribution in [1.82, 2.24) is 15.2 Å². The van der Waals surface area contributed by atoms with Crippen LogP contribution in [0.4, 0.5) is 0 Å². The molecule has 3 nitrogen and oxygen atoms in total. The van der Waals surface area contributed by atoms with Crippen LogP contribution in [0.3, 0.4) is 0 Å². The first-order chi connectivity index (χ1) is 7.28. The molecule has 2 rings (SSSR count). The third-order valence-electron chi connectivity index (χ3n) is 2.91. The first-order valence-electron chi connectivity index (χ1n) is 5.56. The Morgan fingerprint density at radius 1 is 1.62 bits per heavy atom. The van der Waals surface area contributed by atoms with Crippen molar-refractivity contribution in [2.24, 2.45) is 5.92 Å². The quantitative estimate of drug-likeness (QED) is 0.898. The number of thiazole rings is 1. The van der Waals surface area contributed by atoms with Crippen LogP contribution in [-0.4, -0.2) is 36.6 Å². The lowest BCUT2D eigenvalue weighted by Gasteiger charge is -2.14. The minimum atomic E-state index is 0. The van der Waals surface area contributed by atoms with Crippen molar-refractivity contribution in [1.29, 1.82) is 0 Å². The van der Waals surface area contributed by atoms with E-state index in [0.717, 1.165) is 19.0 Å². The van der Waals surface area contributed by atoms with Crippen LogP contribution in [0.5, 0.6) is 0 Å². The Hall–Kier alpha value is -0.160. The van der Waals surface area contributed by atoms with Gasteiger partial charge in [-0.1, -0.05) is 0 Å². The molecule has 1 fully saturated rings. The number of rotatable bonds is 4. The summed E-state index contributed by atoms with van der Waals surface area (Å²) >= 11 is 1.75. The molecule has 0 bridgehead atoms. The van der Waals surface area contributed by atoms with Crippen molar-refractivity contribution < 1.29 is 0 Å². The molecule has 1 atom stereocenters. The molecule has 0 radical (unpaired) electrons. The van der Waals surface area contributed by atoms with Gasteiger partial charge in [-0.2, -0.15) is 0 Å². The van der Waals surface area contributed by atoms with E-state index in [1.165, 1.54) is 30.2 Å². The van der Waals surface area contributed by atoms with E-state index >= 15 is 0 Å². The number of aryl methyl sites for hydroxylation is 1. The maximum Gasteiger partial charge on any atom is 0.0897 e. The zero-order chi connectivity index (χ0) is 10.7. The topological polar surface area (TPSA) is 28.2 Å². The summed E-state index contributed by atoms with van der Waals surface area (Å²) in [6.45, 7) is 6.69. The highest BCUT2D eigenvalue weighted by molar-refractivity contribution is 7.09. The predicted molar refractivity (Wildman–Crippen MR) is 71.4 cm³/mol. The molecule has 0 amide bonds. The molecule has 0 aromatic carbocycles. The van der Waals surface area contributed by atoms with Crippen LogP contribution in [0.25, 0.3) is 0 Å². The van der Waals surface area contributed by atoms with Gasteiger partial charge in [0.1, 0.15) is 0 Å². The van der Waals surface area contributed by atoms with Gasteiger partial charge in [0.2, 0.25) is 0 Å². The monoisotopic (exact) mass is 261 g/mol. The Morgan fingerprint density at radius 3 is 3.06 bits per heavy atom. The number of nitrogens with zero attached hydrogens (tertiary/aromatic N) is 2. The molecule has 1 saturated heterocycles. The zero-order valence-electron chi connectivity index (χ0n) is 9.90. The lowest BCUT2D eigenvalue weighted by Crippen LogP contribution is -2.24. The maximum absolute atomic E-state index is 4.51. The van der Waals surface area contributed by atoms with Crippen molar-refractivity contribution in [2.75, 3.05) is 26.7 Å². The van der Waals surface area contributed by atoms with Crippen LogP contribution in [0.1, 0.15) is 17.1 Å². The third kappa shape index (κ3) is 3.70. The molecular weight excluding hydrogens is 242 g/mol. The lowest BCUT2D eigenvalue weighted by molar-refractivity contribution is 0.312. The number of likely N-dealkylation sites (tertiary alicyclic amines) is 1. The first-order valence-corrected chi connectivity index (χ1v) is 6.44. The smallest absolute Gasteiger partial charge is 0.0897 e. The molecule has 5 heteroatoms. The fraction of sp³-hybridized carbons (Fsp3) is 0.727. The Kier molecular flexibility index (Phi) is 5.69. The molecule has 2 heterocycles. The lowest BCUT2D eigenvalue weighted by atomic mass is 10.1. The molecule has 1 aromatic rings. The van der Waals surface area contributed by atoms with Crippen molar-refractivity contribution in [3.63, 3.8) is 0 Å². The SMILES string of the molecule is CNCC1CCN(Cc2csc(C)n2)C1.Cl. The Bertz CT molecular complexity index is 316. The largest absolute Gasteiger partial charge is 0.319 e. The van der Waals surface area contributed by atoms with Gasteiger partial charge in [0.15, 0.2) is 0 Å². The van der Waals surface area contributed by atoms with Crippen molar-refractivity contribution in [2.45, 2.75) is 19.9 Å². The van der Waals surface area contributed by atoms with Gasteiger partial charge in [0.25, 0.3) is 0 Å². The van der Waals surface area contributed by atoms with Crippen molar-refractivity contribution in [3.05, 3.63) is 16.1 Å². The van der Waals surface area contributed by atoms with E-state index in [1.807, 2.05) is 7.05 Å². The average molecular weight is 262 g/mol. The standard InChI is InChI=1S/C11H19N3S.ClH/c1-9-13-11(8-15-9)7-14-4-3-10(6-14)5-12-2;/h8,10,12H,3-7H2,1-2H3;1H. The predicted octanol–water partition coefficient (Wildman–Crippen LogP) is 1.91. The fourth-order valence-electron chi connectivity index (χ4n) is 2.22. The highest BCUT2D eigenvalue weighted by atomic mass is 35.5. The maximum atomic E-state index is 4.51. The zero-order valence-corrected chi connectivity index (χ0v) is 11.5. The van der Waals surface area contributed by atoms with Gasteiger partial charge >= 0.3 is 0 Å². The fourth-order valence-corrected chi connectivity index (χ4v) is 2.83. The molecule has 1 aromatic heterocycles. The first kappa shape index (κ1) is 13.9. The summed E-state index contributed by atoms with van der Waals surface area (Å²) in [4.78, 5) is 7.02. The summed E-state index contributed by atoms with van der Waals surface area (Å²) in [6.07, 6.45) is 1.32. The van der Waals surface area contributed by atoms with E-state index in [-0.39, 0.29) is 12.4 Å². The van der Waals surface area contributed by atoms with E-state index in [2.05, 4.69) is 27.5 Å². The molecule has 1 aliphatic heterocycles. The minimum absolute atomic E-state index is 0. The Morgan fingerprint density at radius 2 is 2.44 bits per heavy atom. The third-order valence-corrected chi connectivity index (χ3v) is 3.74. The van der Waals surface area contributed by atoms with Gasteiger partial charge < -0.3 is 5.32 Å².